The van der Waals surface area contributed by atoms with Crippen LogP contribution in [0.15, 0.2) is 158 Å². The first kappa shape index (κ1) is 64.0. The fraction of sp³-hybridized carbons (Fsp3) is 0.540. The lowest BCUT2D eigenvalue weighted by molar-refractivity contribution is -0.167. The van der Waals surface area contributed by atoms with Gasteiger partial charge in [-0.3, -0.25) is 14.4 Å². The van der Waals surface area contributed by atoms with Crippen molar-refractivity contribution < 1.29 is 28.6 Å². The molecule has 384 valence electrons. The van der Waals surface area contributed by atoms with Gasteiger partial charge < -0.3 is 14.2 Å². The molecule has 6 heteroatoms. The fourth-order valence-corrected chi connectivity index (χ4v) is 6.51. The van der Waals surface area contributed by atoms with Gasteiger partial charge in [-0.2, -0.15) is 0 Å². The van der Waals surface area contributed by atoms with Crippen molar-refractivity contribution in [3.05, 3.63) is 158 Å². The van der Waals surface area contributed by atoms with Crippen LogP contribution in [0, 0.1) is 0 Å². The van der Waals surface area contributed by atoms with E-state index in [1.54, 1.807) is 0 Å². The van der Waals surface area contributed by atoms with E-state index < -0.39 is 12.1 Å². The van der Waals surface area contributed by atoms with Gasteiger partial charge in [0.25, 0.3) is 0 Å². The number of esters is 3. The molecule has 0 spiro atoms. The lowest BCUT2D eigenvalue weighted by atomic mass is 10.1. The molecule has 1 atom stereocenters. The monoisotopic (exact) mass is 949 g/mol. The predicted molar refractivity (Wildman–Crippen MR) is 297 cm³/mol. The topological polar surface area (TPSA) is 78.9 Å². The van der Waals surface area contributed by atoms with Crippen LogP contribution in [-0.2, 0) is 28.6 Å². The predicted octanol–water partition coefficient (Wildman–Crippen LogP) is 18.2. The molecule has 69 heavy (non-hydrogen) atoms. The molecule has 0 saturated carbocycles. The lowest BCUT2D eigenvalue weighted by Crippen LogP contribution is -2.30. The van der Waals surface area contributed by atoms with Crippen molar-refractivity contribution in [2.24, 2.45) is 0 Å². The molecule has 0 aliphatic heterocycles. The highest BCUT2D eigenvalue weighted by Gasteiger charge is 2.19. The Hall–Kier alpha value is -4.97. The molecule has 0 rings (SSSR count). The summed E-state index contributed by atoms with van der Waals surface area (Å²) in [5.74, 6) is -1.08. The minimum Gasteiger partial charge on any atom is -0.462 e. The molecule has 0 heterocycles. The van der Waals surface area contributed by atoms with Crippen LogP contribution in [0.5, 0.6) is 0 Å². The highest BCUT2D eigenvalue weighted by molar-refractivity contribution is 5.71. The van der Waals surface area contributed by atoms with Gasteiger partial charge in [0.2, 0.25) is 0 Å². The Morgan fingerprint density at radius 3 is 0.928 bits per heavy atom. The van der Waals surface area contributed by atoms with Gasteiger partial charge in [-0.1, -0.05) is 198 Å². The quantitative estimate of drug-likeness (QED) is 0.0262. The van der Waals surface area contributed by atoms with E-state index in [9.17, 15) is 14.4 Å². The van der Waals surface area contributed by atoms with Gasteiger partial charge in [0.05, 0.1) is 0 Å². The number of allylic oxidation sites excluding steroid dienone is 26. The van der Waals surface area contributed by atoms with E-state index >= 15 is 0 Å². The smallest absolute Gasteiger partial charge is 0.306 e. The highest BCUT2D eigenvalue weighted by Crippen LogP contribution is 2.10. The molecule has 0 aromatic carbocycles. The van der Waals surface area contributed by atoms with Crippen molar-refractivity contribution in [1.29, 1.82) is 0 Å². The second-order valence-electron chi connectivity index (χ2n) is 17.0. The Morgan fingerprint density at radius 1 is 0.304 bits per heavy atom. The van der Waals surface area contributed by atoms with Crippen LogP contribution in [0.3, 0.4) is 0 Å². The Balaban J connectivity index is 4.64. The van der Waals surface area contributed by atoms with Crippen LogP contribution in [0.2, 0.25) is 0 Å². The van der Waals surface area contributed by atoms with Gasteiger partial charge in [-0.05, 0) is 141 Å². The van der Waals surface area contributed by atoms with Gasteiger partial charge in [-0.15, -0.1) is 0 Å². The summed E-state index contributed by atoms with van der Waals surface area (Å²) in [6.45, 7) is 6.24. The number of hydrogen-bond acceptors (Lipinski definition) is 6. The van der Waals surface area contributed by atoms with Crippen molar-refractivity contribution >= 4 is 17.9 Å². The van der Waals surface area contributed by atoms with Crippen LogP contribution in [-0.4, -0.2) is 37.2 Å². The largest absolute Gasteiger partial charge is 0.462 e. The van der Waals surface area contributed by atoms with Crippen molar-refractivity contribution in [2.75, 3.05) is 13.2 Å². The summed E-state index contributed by atoms with van der Waals surface area (Å²) in [5, 5.41) is 0. The van der Waals surface area contributed by atoms with Crippen LogP contribution >= 0.6 is 0 Å². The molecule has 0 saturated heterocycles. The third kappa shape index (κ3) is 53.8. The number of carbonyl (C=O) groups is 3. The normalized spacial score (nSPS) is 13.4. The van der Waals surface area contributed by atoms with Gasteiger partial charge in [0.15, 0.2) is 6.10 Å². The Kier molecular flexibility index (Phi) is 51.6. The maximum absolute atomic E-state index is 12.8. The molecule has 0 radical (unpaired) electrons. The summed E-state index contributed by atoms with van der Waals surface area (Å²) in [6, 6.07) is 0. The number of ether oxygens (including phenoxy) is 3. The highest BCUT2D eigenvalue weighted by atomic mass is 16.6. The zero-order valence-electron chi connectivity index (χ0n) is 43.8. The maximum Gasteiger partial charge on any atom is 0.306 e. The molecule has 0 aromatic rings. The third-order valence-electron chi connectivity index (χ3n) is 10.5. The van der Waals surface area contributed by atoms with E-state index in [1.807, 2.05) is 0 Å². The van der Waals surface area contributed by atoms with E-state index in [2.05, 4.69) is 179 Å². The molecule has 0 aliphatic carbocycles. The Morgan fingerprint density at radius 2 is 0.580 bits per heavy atom. The molecule has 0 aromatic heterocycles. The van der Waals surface area contributed by atoms with Crippen LogP contribution in [0.4, 0.5) is 0 Å². The maximum atomic E-state index is 12.8. The average Bonchev–Trinajstić information content (AvgIpc) is 3.35. The first-order valence-corrected chi connectivity index (χ1v) is 27.0. The van der Waals surface area contributed by atoms with Gasteiger partial charge >= 0.3 is 17.9 Å². The summed E-state index contributed by atoms with van der Waals surface area (Å²) >= 11 is 0. The Bertz CT molecular complexity index is 1610. The summed E-state index contributed by atoms with van der Waals surface area (Å²) in [7, 11) is 0. The number of unbranched alkanes of at least 4 members (excludes halogenated alkanes) is 9. The lowest BCUT2D eigenvalue weighted by Gasteiger charge is -2.18. The van der Waals surface area contributed by atoms with Gasteiger partial charge in [0.1, 0.15) is 13.2 Å². The summed E-state index contributed by atoms with van der Waals surface area (Å²) < 4.78 is 16.7. The van der Waals surface area contributed by atoms with Crippen molar-refractivity contribution in [3.8, 4) is 0 Å². The molecule has 0 amide bonds. The van der Waals surface area contributed by atoms with Gasteiger partial charge in [0, 0.05) is 19.3 Å². The molecular formula is C63H96O6. The average molecular weight is 949 g/mol. The van der Waals surface area contributed by atoms with E-state index in [0.29, 0.717) is 19.3 Å². The third-order valence-corrected chi connectivity index (χ3v) is 10.5. The summed E-state index contributed by atoms with van der Waals surface area (Å²) in [4.78, 5) is 38.1. The SMILES string of the molecule is CC/C=C\C/C=C\C/C=C\C/C=C\C/C=C\CCCCCC(=O)OC[C@@H](COC(=O)CCCC/C=C\C/C=C\C/C=C\CCCCC)OC(=O)CCC/C=C\C/C=C\C/C=C\C/C=C\C/C=C\CC. The second-order valence-corrected chi connectivity index (χ2v) is 17.0. The van der Waals surface area contributed by atoms with E-state index in [4.69, 9.17) is 14.2 Å². The summed E-state index contributed by atoms with van der Waals surface area (Å²) in [6.07, 6.45) is 80.9. The number of carbonyl (C=O) groups excluding carboxylic acids is 3. The molecule has 0 unspecified atom stereocenters. The number of rotatable bonds is 46. The fourth-order valence-electron chi connectivity index (χ4n) is 6.51. The first-order chi connectivity index (χ1) is 34.0. The van der Waals surface area contributed by atoms with Crippen molar-refractivity contribution in [3.63, 3.8) is 0 Å². The summed E-state index contributed by atoms with van der Waals surface area (Å²) in [5.41, 5.74) is 0. The van der Waals surface area contributed by atoms with Gasteiger partial charge in [-0.25, -0.2) is 0 Å². The van der Waals surface area contributed by atoms with Crippen molar-refractivity contribution in [2.45, 2.75) is 207 Å². The molecule has 0 aliphatic rings. The van der Waals surface area contributed by atoms with Crippen LogP contribution in [0.1, 0.15) is 201 Å². The number of hydrogen-bond donors (Lipinski definition) is 0. The molecule has 0 bridgehead atoms. The second kappa shape index (κ2) is 55.6. The first-order valence-electron chi connectivity index (χ1n) is 27.0. The Labute approximate surface area is 422 Å². The van der Waals surface area contributed by atoms with Crippen molar-refractivity contribution in [1.82, 2.24) is 0 Å². The molecule has 0 N–H and O–H groups in total. The minimum absolute atomic E-state index is 0.138. The van der Waals surface area contributed by atoms with Crippen LogP contribution < -0.4 is 0 Å². The standard InChI is InChI=1S/C63H96O6/c1-4-7-10-13-16-19-22-25-28-30-31-33-35-38-41-44-47-50-53-56-62(65)68-59-60(58-67-61(64)55-52-49-46-43-40-37-34-27-24-21-18-15-12-9-6-3)69-63(66)57-54-51-48-45-42-39-36-32-29-26-23-20-17-14-11-8-5-2/h7-8,10-11,16-21,25-29,31,33-34,36,38-41,43,45,48,60H,4-6,9,12-15,22-24,30,32,35,37,42,44,46-47,49-59H2,1-3H3/b10-7-,11-8-,19-16-,20-17-,21-18-,28-25-,29-26-,33-31-,34-27-,39-36-,41-38-,43-40-,48-45-/t60-/m1/s1. The zero-order valence-corrected chi connectivity index (χ0v) is 43.8. The van der Waals surface area contributed by atoms with E-state index in [1.165, 1.54) is 25.7 Å². The minimum atomic E-state index is -0.845. The van der Waals surface area contributed by atoms with E-state index in [0.717, 1.165) is 122 Å². The zero-order chi connectivity index (χ0) is 50.0. The molecule has 6 nitrogen and oxygen atoms in total. The van der Waals surface area contributed by atoms with E-state index in [-0.39, 0.29) is 38.0 Å². The molecule has 0 fully saturated rings. The molecular weight excluding hydrogens is 853 g/mol. The van der Waals surface area contributed by atoms with Crippen LogP contribution in [0.25, 0.3) is 0 Å².